The minimum absolute atomic E-state index is 0.0307. The first-order valence-corrected chi connectivity index (χ1v) is 10.5. The molecule has 0 fully saturated rings. The molecule has 162 valence electrons. The molecule has 0 spiro atoms. The third kappa shape index (κ3) is 5.86. The molecule has 2 aromatic carbocycles. The van der Waals surface area contributed by atoms with Crippen LogP contribution in [0.3, 0.4) is 0 Å². The lowest BCUT2D eigenvalue weighted by Crippen LogP contribution is -2.20. The van der Waals surface area contributed by atoms with E-state index in [1.54, 1.807) is 12.1 Å². The fraction of sp³-hybridized carbons (Fsp3) is 0.200. The van der Waals surface area contributed by atoms with Crippen LogP contribution in [0.2, 0.25) is 5.02 Å². The molecule has 0 bridgehead atoms. The Hall–Kier alpha value is -2.85. The van der Waals surface area contributed by atoms with Gasteiger partial charge in [-0.05, 0) is 37.3 Å². The molecule has 3 rings (SSSR count). The van der Waals surface area contributed by atoms with Crippen LogP contribution in [0.5, 0.6) is 0 Å². The summed E-state index contributed by atoms with van der Waals surface area (Å²) in [4.78, 5) is 12.1. The van der Waals surface area contributed by atoms with Crippen LogP contribution in [-0.2, 0) is 17.5 Å². The number of hydrogen-bond acceptors (Lipinski definition) is 5. The van der Waals surface area contributed by atoms with Gasteiger partial charge in [0.15, 0.2) is 11.0 Å². The topological polar surface area (TPSA) is 72.2 Å². The summed E-state index contributed by atoms with van der Waals surface area (Å²) in [6.45, 7) is 2.51. The Morgan fingerprint density at radius 1 is 1.19 bits per heavy atom. The van der Waals surface area contributed by atoms with Gasteiger partial charge < -0.3 is 4.57 Å². The first-order chi connectivity index (χ1) is 14.8. The Labute approximate surface area is 185 Å². The number of aromatic nitrogens is 3. The third-order valence-corrected chi connectivity index (χ3v) is 5.35. The highest BCUT2D eigenvalue weighted by atomic mass is 35.5. The summed E-state index contributed by atoms with van der Waals surface area (Å²) in [6, 6.07) is 12.1. The molecule has 1 N–H and O–H groups in total. The zero-order valence-corrected chi connectivity index (χ0v) is 17.8. The lowest BCUT2D eigenvalue weighted by molar-refractivity contribution is -0.137. The van der Waals surface area contributed by atoms with Crippen molar-refractivity contribution in [3.63, 3.8) is 0 Å². The van der Waals surface area contributed by atoms with Crippen molar-refractivity contribution in [3.8, 4) is 11.4 Å². The van der Waals surface area contributed by atoms with Gasteiger partial charge in [-0.2, -0.15) is 18.3 Å². The molecule has 0 aliphatic heterocycles. The Kier molecular flexibility index (Phi) is 7.34. The highest BCUT2D eigenvalue weighted by Gasteiger charge is 2.32. The van der Waals surface area contributed by atoms with Crippen LogP contribution in [0, 0.1) is 0 Å². The molecule has 3 aromatic rings. The number of nitrogens with zero attached hydrogens (tertiary/aromatic N) is 4. The van der Waals surface area contributed by atoms with Crippen molar-refractivity contribution < 1.29 is 18.0 Å². The summed E-state index contributed by atoms with van der Waals surface area (Å²) in [5.74, 6) is 0.130. The second-order valence-corrected chi connectivity index (χ2v) is 7.60. The van der Waals surface area contributed by atoms with Crippen LogP contribution in [0.25, 0.3) is 11.4 Å². The van der Waals surface area contributed by atoms with E-state index in [9.17, 15) is 18.0 Å². The monoisotopic (exact) mass is 467 g/mol. The van der Waals surface area contributed by atoms with Crippen LogP contribution >= 0.6 is 23.4 Å². The van der Waals surface area contributed by atoms with Gasteiger partial charge in [0.2, 0.25) is 0 Å². The molecule has 1 aromatic heterocycles. The van der Waals surface area contributed by atoms with Gasteiger partial charge >= 0.3 is 6.18 Å². The molecule has 0 unspecified atom stereocenters. The molecular weight excluding hydrogens is 451 g/mol. The Balaban J connectivity index is 1.62. The van der Waals surface area contributed by atoms with Gasteiger partial charge in [-0.3, -0.25) is 4.79 Å². The number of carbonyl (C=O) groups excluding carboxylic acids is 1. The molecule has 0 aliphatic rings. The Bertz CT molecular complexity index is 1080. The largest absolute Gasteiger partial charge is 0.417 e. The average Bonchev–Trinajstić information content (AvgIpc) is 3.15. The van der Waals surface area contributed by atoms with Crippen LogP contribution in [0.15, 0.2) is 58.8 Å². The smallest absolute Gasteiger partial charge is 0.302 e. The number of hydrogen-bond donors (Lipinski definition) is 1. The van der Waals surface area contributed by atoms with E-state index in [0.717, 1.165) is 29.6 Å². The van der Waals surface area contributed by atoms with Crippen molar-refractivity contribution in [2.45, 2.75) is 24.8 Å². The maximum atomic E-state index is 13.0. The number of carbonyl (C=O) groups is 1. The van der Waals surface area contributed by atoms with Crippen molar-refractivity contribution >= 4 is 35.5 Å². The van der Waals surface area contributed by atoms with Gasteiger partial charge in [0, 0.05) is 22.7 Å². The van der Waals surface area contributed by atoms with E-state index in [0.29, 0.717) is 22.5 Å². The maximum Gasteiger partial charge on any atom is 0.417 e. The summed E-state index contributed by atoms with van der Waals surface area (Å²) in [6.07, 6.45) is -3.53. The van der Waals surface area contributed by atoms with Gasteiger partial charge in [-0.1, -0.05) is 41.6 Å². The number of hydrazone groups is 1. The summed E-state index contributed by atoms with van der Waals surface area (Å²) < 4.78 is 40.8. The van der Waals surface area contributed by atoms with Crippen LogP contribution in [-0.4, -0.2) is 32.6 Å². The van der Waals surface area contributed by atoms with Gasteiger partial charge in [0.1, 0.15) is 0 Å². The molecule has 0 atom stereocenters. The SMILES string of the molecule is CCn1c(SCC(=O)NN=Cc2ccccc2C(F)(F)F)nnc1-c1ccc(Cl)cc1. The van der Waals surface area contributed by atoms with E-state index in [-0.39, 0.29) is 11.3 Å². The summed E-state index contributed by atoms with van der Waals surface area (Å²) in [7, 11) is 0. The van der Waals surface area contributed by atoms with E-state index in [1.807, 2.05) is 23.6 Å². The summed E-state index contributed by atoms with van der Waals surface area (Å²) >= 11 is 7.07. The van der Waals surface area contributed by atoms with Gasteiger partial charge in [-0.25, -0.2) is 5.43 Å². The predicted octanol–water partition coefficient (Wildman–Crippen LogP) is 4.88. The molecular formula is C20H17ClF3N5OS. The van der Waals surface area contributed by atoms with E-state index < -0.39 is 17.6 Å². The molecule has 1 amide bonds. The maximum absolute atomic E-state index is 13.0. The minimum Gasteiger partial charge on any atom is -0.302 e. The molecule has 0 radical (unpaired) electrons. The van der Waals surface area contributed by atoms with Crippen molar-refractivity contribution in [3.05, 3.63) is 64.7 Å². The zero-order valence-electron chi connectivity index (χ0n) is 16.2. The third-order valence-electron chi connectivity index (χ3n) is 4.13. The fourth-order valence-corrected chi connectivity index (χ4v) is 3.62. The van der Waals surface area contributed by atoms with Crippen LogP contribution in [0.1, 0.15) is 18.1 Å². The first-order valence-electron chi connectivity index (χ1n) is 9.09. The quantitative estimate of drug-likeness (QED) is 0.305. The van der Waals surface area contributed by atoms with Gasteiger partial charge in [0.25, 0.3) is 5.91 Å². The first kappa shape index (κ1) is 22.8. The van der Waals surface area contributed by atoms with E-state index >= 15 is 0 Å². The average molecular weight is 468 g/mol. The highest BCUT2D eigenvalue weighted by Crippen LogP contribution is 2.31. The van der Waals surface area contributed by atoms with E-state index in [4.69, 9.17) is 11.6 Å². The molecule has 11 heteroatoms. The van der Waals surface area contributed by atoms with Crippen LogP contribution in [0.4, 0.5) is 13.2 Å². The van der Waals surface area contributed by atoms with Crippen LogP contribution < -0.4 is 5.43 Å². The molecule has 0 saturated heterocycles. The lowest BCUT2D eigenvalue weighted by atomic mass is 10.1. The fourth-order valence-electron chi connectivity index (χ4n) is 2.70. The molecule has 0 saturated carbocycles. The van der Waals surface area contributed by atoms with Crippen molar-refractivity contribution in [2.24, 2.45) is 5.10 Å². The molecule has 31 heavy (non-hydrogen) atoms. The number of alkyl halides is 3. The summed E-state index contributed by atoms with van der Waals surface area (Å²) in [5, 5.41) is 13.1. The Morgan fingerprint density at radius 2 is 1.90 bits per heavy atom. The minimum atomic E-state index is -4.51. The van der Waals surface area contributed by atoms with E-state index in [2.05, 4.69) is 20.7 Å². The standard InChI is InChI=1S/C20H17ClF3N5OS/c1-2-29-18(13-7-9-15(21)10-8-13)27-28-19(29)31-12-17(30)26-25-11-14-5-3-4-6-16(14)20(22,23)24/h3-11H,2,12H2,1H3,(H,26,30). The predicted molar refractivity (Wildman–Crippen MR) is 114 cm³/mol. The van der Waals surface area contributed by atoms with Gasteiger partial charge in [-0.15, -0.1) is 10.2 Å². The second-order valence-electron chi connectivity index (χ2n) is 6.22. The highest BCUT2D eigenvalue weighted by molar-refractivity contribution is 7.99. The normalized spacial score (nSPS) is 11.8. The summed E-state index contributed by atoms with van der Waals surface area (Å²) in [5.41, 5.74) is 2.11. The number of halogens is 4. The number of amides is 1. The number of benzene rings is 2. The zero-order chi connectivity index (χ0) is 22.4. The van der Waals surface area contributed by atoms with E-state index in [1.165, 1.54) is 18.2 Å². The number of nitrogens with one attached hydrogen (secondary N) is 1. The molecule has 6 nitrogen and oxygen atoms in total. The Morgan fingerprint density at radius 3 is 2.58 bits per heavy atom. The molecule has 1 heterocycles. The lowest BCUT2D eigenvalue weighted by Gasteiger charge is -2.09. The van der Waals surface area contributed by atoms with Gasteiger partial charge in [0.05, 0.1) is 17.5 Å². The van der Waals surface area contributed by atoms with Crippen molar-refractivity contribution in [1.29, 1.82) is 0 Å². The number of rotatable bonds is 7. The van der Waals surface area contributed by atoms with Crippen molar-refractivity contribution in [2.75, 3.05) is 5.75 Å². The number of thioether (sulfide) groups is 1. The second kappa shape index (κ2) is 9.97. The molecule has 0 aliphatic carbocycles. The van der Waals surface area contributed by atoms with Crippen molar-refractivity contribution in [1.82, 2.24) is 20.2 Å².